The van der Waals surface area contributed by atoms with Crippen LogP contribution in [0.5, 0.6) is 0 Å². The van der Waals surface area contributed by atoms with Crippen LogP contribution >= 0.6 is 0 Å². The van der Waals surface area contributed by atoms with Crippen LogP contribution in [0, 0.1) is 11.8 Å². The van der Waals surface area contributed by atoms with E-state index in [2.05, 4.69) is 25.3 Å². The van der Waals surface area contributed by atoms with Gasteiger partial charge in [-0.25, -0.2) is 5.26 Å². The number of nitriles is 1. The third-order valence-corrected chi connectivity index (χ3v) is 4.74. The van der Waals surface area contributed by atoms with E-state index in [0.717, 1.165) is 6.04 Å². The first-order valence-corrected chi connectivity index (χ1v) is 9.34. The van der Waals surface area contributed by atoms with E-state index in [1.54, 1.807) is 0 Å². The maximum absolute atomic E-state index is 6.50. The molecule has 1 unspecified atom stereocenters. The van der Waals surface area contributed by atoms with Crippen molar-refractivity contribution in [1.29, 1.82) is 5.26 Å². The zero-order valence-electron chi connectivity index (χ0n) is 14.7. The second-order valence-electron chi connectivity index (χ2n) is 6.56. The lowest BCUT2D eigenvalue weighted by Crippen LogP contribution is -2.37. The summed E-state index contributed by atoms with van der Waals surface area (Å²) in [6.45, 7) is 10.9. The first-order valence-electron chi connectivity index (χ1n) is 9.34. The molecule has 0 spiro atoms. The summed E-state index contributed by atoms with van der Waals surface area (Å²) in [6.07, 6.45) is 18.8. The van der Waals surface area contributed by atoms with E-state index >= 15 is 0 Å². The molecule has 0 amide bonds. The number of piperidine rings is 1. The first kappa shape index (κ1) is 20.5. The van der Waals surface area contributed by atoms with Crippen LogP contribution in [0.15, 0.2) is 0 Å². The molecule has 0 aromatic rings. The second kappa shape index (κ2) is 15.8. The highest BCUT2D eigenvalue weighted by molar-refractivity contribution is 4.72. The maximum Gasteiger partial charge on any atom is 0.0462 e. The molecule has 2 nitrogen and oxygen atoms in total. The number of rotatable bonds is 11. The molecule has 2 heteroatoms. The van der Waals surface area contributed by atoms with Crippen molar-refractivity contribution < 1.29 is 0 Å². The Hall–Kier alpha value is -0.550. The lowest BCUT2D eigenvalue weighted by atomic mass is 10.0. The molecule has 1 atom stereocenters. The molecule has 0 radical (unpaired) electrons. The van der Waals surface area contributed by atoms with Crippen LogP contribution in [0.25, 0.3) is 0 Å². The summed E-state index contributed by atoms with van der Waals surface area (Å²) in [5, 5.41) is 6.50. The normalized spacial score (nSPS) is 19.0. The van der Waals surface area contributed by atoms with Crippen LogP contribution in [0.2, 0.25) is 0 Å². The lowest BCUT2D eigenvalue weighted by Gasteiger charge is -2.33. The average Bonchev–Trinajstić information content (AvgIpc) is 2.53. The van der Waals surface area contributed by atoms with Gasteiger partial charge in [0.15, 0.2) is 0 Å². The molecule has 1 aliphatic heterocycles. The van der Waals surface area contributed by atoms with Crippen molar-refractivity contribution in [3.05, 3.63) is 0 Å². The summed E-state index contributed by atoms with van der Waals surface area (Å²) >= 11 is 0. The van der Waals surface area contributed by atoms with E-state index in [0.29, 0.717) is 0 Å². The quantitative estimate of drug-likeness (QED) is 0.442. The highest BCUT2D eigenvalue weighted by Crippen LogP contribution is 2.17. The fourth-order valence-electron chi connectivity index (χ4n) is 3.29. The predicted molar refractivity (Wildman–Crippen MR) is 93.4 cm³/mol. The van der Waals surface area contributed by atoms with Gasteiger partial charge >= 0.3 is 0 Å². The molecule has 0 N–H and O–H groups in total. The molecule has 1 heterocycles. The Labute approximate surface area is 133 Å². The predicted octanol–water partition coefficient (Wildman–Crippen LogP) is 5.92. The zero-order chi connectivity index (χ0) is 15.8. The summed E-state index contributed by atoms with van der Waals surface area (Å²) in [6, 6.07) is 0.854. The fraction of sp³-hybridized carbons (Fsp3) is 0.947. The van der Waals surface area contributed by atoms with Crippen molar-refractivity contribution in [2.75, 3.05) is 13.1 Å². The SMILES string of the molecule is C#N.CCCCCCCCCCCCN1CCCCC1C. The molecule has 21 heavy (non-hydrogen) atoms. The summed E-state index contributed by atoms with van der Waals surface area (Å²) in [4.78, 5) is 2.72. The summed E-state index contributed by atoms with van der Waals surface area (Å²) in [5.74, 6) is 0. The van der Waals surface area contributed by atoms with Crippen molar-refractivity contribution in [3.8, 4) is 6.57 Å². The van der Waals surface area contributed by atoms with Gasteiger partial charge in [-0.2, -0.15) is 0 Å². The molecule has 1 aliphatic rings. The Morgan fingerprint density at radius 3 is 1.90 bits per heavy atom. The number of nitrogens with zero attached hydrogens (tertiary/aromatic N) is 2. The molecule has 1 fully saturated rings. The smallest absolute Gasteiger partial charge is 0.0462 e. The largest absolute Gasteiger partial charge is 0.301 e. The van der Waals surface area contributed by atoms with Gasteiger partial charge in [0.2, 0.25) is 0 Å². The summed E-state index contributed by atoms with van der Waals surface area (Å²) < 4.78 is 0. The molecule has 0 aromatic heterocycles. The molecular weight excluding hydrogens is 256 g/mol. The maximum atomic E-state index is 6.50. The van der Waals surface area contributed by atoms with E-state index in [-0.39, 0.29) is 0 Å². The summed E-state index contributed by atoms with van der Waals surface area (Å²) in [7, 11) is 0. The molecule has 0 aromatic carbocycles. The number of likely N-dealkylation sites (tertiary alicyclic amines) is 1. The minimum atomic E-state index is 0.854. The molecule has 1 rings (SSSR count). The van der Waals surface area contributed by atoms with Crippen LogP contribution in [0.1, 0.15) is 97.3 Å². The molecule has 0 bridgehead atoms. The van der Waals surface area contributed by atoms with Crippen molar-refractivity contribution in [1.82, 2.24) is 4.90 Å². The average molecular weight is 295 g/mol. The van der Waals surface area contributed by atoms with Crippen molar-refractivity contribution in [2.24, 2.45) is 0 Å². The van der Waals surface area contributed by atoms with Crippen LogP contribution in [-0.4, -0.2) is 24.0 Å². The van der Waals surface area contributed by atoms with Gasteiger partial charge in [-0.1, -0.05) is 71.1 Å². The Bertz CT molecular complexity index is 225. The van der Waals surface area contributed by atoms with Gasteiger partial charge in [-0.15, -0.1) is 0 Å². The van der Waals surface area contributed by atoms with Crippen LogP contribution < -0.4 is 0 Å². The monoisotopic (exact) mass is 294 g/mol. The molecular formula is C19H38N2. The Kier molecular flexibility index (Phi) is 15.4. The zero-order valence-corrected chi connectivity index (χ0v) is 14.7. The van der Waals surface area contributed by atoms with E-state index < -0.39 is 0 Å². The van der Waals surface area contributed by atoms with Crippen molar-refractivity contribution in [2.45, 2.75) is 103 Å². The van der Waals surface area contributed by atoms with Crippen molar-refractivity contribution >= 4 is 0 Å². The molecule has 124 valence electrons. The van der Waals surface area contributed by atoms with Crippen LogP contribution in [-0.2, 0) is 0 Å². The van der Waals surface area contributed by atoms with Crippen molar-refractivity contribution in [3.63, 3.8) is 0 Å². The van der Waals surface area contributed by atoms with Gasteiger partial charge in [-0.3, -0.25) is 0 Å². The second-order valence-corrected chi connectivity index (χ2v) is 6.56. The molecule has 0 saturated carbocycles. The molecule has 1 saturated heterocycles. The Morgan fingerprint density at radius 1 is 0.857 bits per heavy atom. The van der Waals surface area contributed by atoms with Gasteiger partial charge in [-0.05, 0) is 39.3 Å². The van der Waals surface area contributed by atoms with Gasteiger partial charge in [0.05, 0.1) is 0 Å². The molecule has 0 aliphatic carbocycles. The van der Waals surface area contributed by atoms with Gasteiger partial charge in [0, 0.05) is 12.6 Å². The highest BCUT2D eigenvalue weighted by atomic mass is 15.1. The first-order chi connectivity index (χ1) is 10.3. The minimum Gasteiger partial charge on any atom is -0.301 e. The Morgan fingerprint density at radius 2 is 1.38 bits per heavy atom. The highest BCUT2D eigenvalue weighted by Gasteiger charge is 2.16. The van der Waals surface area contributed by atoms with Crippen LogP contribution in [0.4, 0.5) is 0 Å². The van der Waals surface area contributed by atoms with Crippen LogP contribution in [0.3, 0.4) is 0 Å². The van der Waals surface area contributed by atoms with Gasteiger partial charge < -0.3 is 4.90 Å². The van der Waals surface area contributed by atoms with E-state index in [1.807, 2.05) is 0 Å². The van der Waals surface area contributed by atoms with Gasteiger partial charge in [0.25, 0.3) is 0 Å². The summed E-state index contributed by atoms with van der Waals surface area (Å²) in [5.41, 5.74) is 0. The topological polar surface area (TPSA) is 27.0 Å². The fourth-order valence-corrected chi connectivity index (χ4v) is 3.29. The number of hydrogen-bond acceptors (Lipinski definition) is 2. The van der Waals surface area contributed by atoms with E-state index in [1.165, 1.54) is 96.6 Å². The number of unbranched alkanes of at least 4 members (excludes halogenated alkanes) is 9. The number of hydrogen-bond donors (Lipinski definition) is 0. The third-order valence-electron chi connectivity index (χ3n) is 4.74. The minimum absolute atomic E-state index is 0.854. The van der Waals surface area contributed by atoms with Gasteiger partial charge in [0.1, 0.15) is 0 Å². The van der Waals surface area contributed by atoms with E-state index in [9.17, 15) is 0 Å². The lowest BCUT2D eigenvalue weighted by molar-refractivity contribution is 0.157. The Balaban J connectivity index is 0.00000191. The van der Waals surface area contributed by atoms with E-state index in [4.69, 9.17) is 5.26 Å². The third kappa shape index (κ3) is 11.8. The standard InChI is InChI=1S/C18H37N.CHN/c1-3-4-5-6-7-8-9-10-11-13-16-19-17-14-12-15-18(19)2;1-2/h18H,3-17H2,1-2H3;1H.